The van der Waals surface area contributed by atoms with E-state index >= 15 is 0 Å². The topological polar surface area (TPSA) is 94.4 Å². The number of benzene rings is 1. The number of nitrogens with one attached hydrogen (secondary N) is 1. The molecule has 2 aromatic rings. The van der Waals surface area contributed by atoms with E-state index in [0.29, 0.717) is 11.8 Å². The minimum absolute atomic E-state index is 0.0950. The Kier molecular flexibility index (Phi) is 5.14. The summed E-state index contributed by atoms with van der Waals surface area (Å²) < 4.78 is 41.3. The number of anilines is 1. The van der Waals surface area contributed by atoms with Crippen LogP contribution in [0.2, 0.25) is 0 Å². The van der Waals surface area contributed by atoms with Crippen molar-refractivity contribution in [1.29, 1.82) is 0 Å². The number of ether oxygens (including phenoxy) is 1. The second-order valence-corrected chi connectivity index (χ2v) is 5.04. The number of nitrogens with zero attached hydrogens (tertiary/aromatic N) is 2. The number of carbonyl (C=O) groups is 1. The van der Waals surface area contributed by atoms with Crippen molar-refractivity contribution < 1.29 is 27.6 Å². The molecule has 1 aromatic heterocycles. The highest BCUT2D eigenvalue weighted by Crippen LogP contribution is 2.27. The van der Waals surface area contributed by atoms with Crippen LogP contribution in [0.25, 0.3) is 0 Å². The average molecular weight is 359 g/mol. The number of nitro groups is 1. The summed E-state index contributed by atoms with van der Waals surface area (Å²) in [5.41, 5.74) is -0.0950. The Balaban J connectivity index is 1.94. The van der Waals surface area contributed by atoms with Gasteiger partial charge in [-0.1, -0.05) is 0 Å². The molecular formula is C13H8F3N3O4S. The van der Waals surface area contributed by atoms with E-state index in [4.69, 9.17) is 4.74 Å². The van der Waals surface area contributed by atoms with Crippen molar-refractivity contribution in [2.24, 2.45) is 0 Å². The molecule has 0 unspecified atom stereocenters. The standard InChI is InChI=1S/C13H8F3N3O4S/c14-13(15,16)10(20)5-6-17-12-18-11(7-24-12)23-9-3-1-8(2-4-9)19(21)22/h1-7H,(H,17,18)/b6-5+. The number of non-ortho nitro benzene ring substituents is 1. The van der Waals surface area contributed by atoms with Gasteiger partial charge in [0.15, 0.2) is 5.13 Å². The van der Waals surface area contributed by atoms with Crippen LogP contribution < -0.4 is 10.1 Å². The van der Waals surface area contributed by atoms with Gasteiger partial charge in [0.05, 0.1) is 10.3 Å². The number of hydrogen-bond acceptors (Lipinski definition) is 7. The number of aromatic nitrogens is 1. The van der Waals surface area contributed by atoms with E-state index in [1.165, 1.54) is 29.6 Å². The Morgan fingerprint density at radius 2 is 2.00 bits per heavy atom. The van der Waals surface area contributed by atoms with Crippen LogP contribution in [0.1, 0.15) is 0 Å². The first kappa shape index (κ1) is 17.4. The molecule has 0 saturated carbocycles. The van der Waals surface area contributed by atoms with Crippen LogP contribution in [0.3, 0.4) is 0 Å². The van der Waals surface area contributed by atoms with E-state index in [1.807, 2.05) is 0 Å². The molecule has 0 atom stereocenters. The summed E-state index contributed by atoms with van der Waals surface area (Å²) in [6, 6.07) is 5.28. The maximum atomic E-state index is 12.0. The van der Waals surface area contributed by atoms with Gasteiger partial charge in [-0.2, -0.15) is 18.2 Å². The third-order valence-corrected chi connectivity index (χ3v) is 3.23. The summed E-state index contributed by atoms with van der Waals surface area (Å²) in [6.07, 6.45) is -3.76. The normalized spacial score (nSPS) is 11.5. The van der Waals surface area contributed by atoms with Crippen LogP contribution in [0.15, 0.2) is 41.9 Å². The molecule has 11 heteroatoms. The van der Waals surface area contributed by atoms with Crippen molar-refractivity contribution in [3.05, 3.63) is 52.0 Å². The van der Waals surface area contributed by atoms with Gasteiger partial charge < -0.3 is 10.1 Å². The molecule has 0 aliphatic rings. The number of allylic oxidation sites excluding steroid dienone is 1. The van der Waals surface area contributed by atoms with E-state index in [9.17, 15) is 28.1 Å². The molecule has 0 spiro atoms. The third kappa shape index (κ3) is 4.78. The predicted molar refractivity (Wildman–Crippen MR) is 79.1 cm³/mol. The van der Waals surface area contributed by atoms with Crippen molar-refractivity contribution in [3.63, 3.8) is 0 Å². The maximum Gasteiger partial charge on any atom is 0.454 e. The third-order valence-electron chi connectivity index (χ3n) is 2.47. The smallest absolute Gasteiger partial charge is 0.438 e. The van der Waals surface area contributed by atoms with E-state index in [-0.39, 0.29) is 16.7 Å². The van der Waals surface area contributed by atoms with Crippen molar-refractivity contribution >= 4 is 27.9 Å². The quantitative estimate of drug-likeness (QED) is 0.477. The molecule has 0 aliphatic carbocycles. The monoisotopic (exact) mass is 359 g/mol. The summed E-state index contributed by atoms with van der Waals surface area (Å²) in [5, 5.41) is 14.6. The Hall–Kier alpha value is -2.95. The first-order valence-electron chi connectivity index (χ1n) is 6.18. The molecule has 0 saturated heterocycles. The van der Waals surface area contributed by atoms with Gasteiger partial charge in [-0.3, -0.25) is 14.9 Å². The Morgan fingerprint density at radius 3 is 2.58 bits per heavy atom. The molecule has 0 aliphatic heterocycles. The molecule has 0 radical (unpaired) electrons. The van der Waals surface area contributed by atoms with E-state index < -0.39 is 16.9 Å². The summed E-state index contributed by atoms with van der Waals surface area (Å²) in [4.78, 5) is 24.5. The number of nitro benzene ring substituents is 1. The fourth-order valence-electron chi connectivity index (χ4n) is 1.41. The molecular weight excluding hydrogens is 351 g/mol. The van der Waals surface area contributed by atoms with E-state index in [0.717, 1.165) is 17.5 Å². The van der Waals surface area contributed by atoms with Gasteiger partial charge in [0.2, 0.25) is 5.88 Å². The summed E-state index contributed by atoms with van der Waals surface area (Å²) >= 11 is 1.04. The summed E-state index contributed by atoms with van der Waals surface area (Å²) in [6.45, 7) is 0. The van der Waals surface area contributed by atoms with Gasteiger partial charge in [0.1, 0.15) is 5.75 Å². The number of thiazole rings is 1. The highest BCUT2D eigenvalue weighted by molar-refractivity contribution is 7.13. The van der Waals surface area contributed by atoms with Crippen LogP contribution in [0.5, 0.6) is 11.6 Å². The average Bonchev–Trinajstić information content (AvgIpc) is 2.94. The number of ketones is 1. The largest absolute Gasteiger partial charge is 0.454 e. The zero-order chi connectivity index (χ0) is 17.7. The number of alkyl halides is 3. The summed E-state index contributed by atoms with van der Waals surface area (Å²) in [5.74, 6) is -1.54. The van der Waals surface area contributed by atoms with Crippen LogP contribution in [-0.2, 0) is 4.79 Å². The molecule has 0 fully saturated rings. The van der Waals surface area contributed by atoms with Gasteiger partial charge in [0.25, 0.3) is 11.5 Å². The van der Waals surface area contributed by atoms with Crippen LogP contribution >= 0.6 is 11.3 Å². The first-order valence-corrected chi connectivity index (χ1v) is 7.06. The minimum Gasteiger partial charge on any atom is -0.438 e. The number of halogens is 3. The second kappa shape index (κ2) is 7.08. The van der Waals surface area contributed by atoms with E-state index in [2.05, 4.69) is 10.3 Å². The molecule has 1 N–H and O–H groups in total. The molecule has 2 rings (SSSR count). The molecule has 1 heterocycles. The highest BCUT2D eigenvalue weighted by Gasteiger charge is 2.36. The van der Waals surface area contributed by atoms with Gasteiger partial charge >= 0.3 is 6.18 Å². The van der Waals surface area contributed by atoms with Gasteiger partial charge in [-0.15, -0.1) is 11.3 Å². The lowest BCUT2D eigenvalue weighted by atomic mass is 10.3. The first-order chi connectivity index (χ1) is 11.3. The zero-order valence-corrected chi connectivity index (χ0v) is 12.4. The molecule has 0 amide bonds. The van der Waals surface area contributed by atoms with Crippen molar-refractivity contribution in [2.45, 2.75) is 6.18 Å². The van der Waals surface area contributed by atoms with Crippen molar-refractivity contribution in [3.8, 4) is 11.6 Å². The lowest BCUT2D eigenvalue weighted by molar-refractivity contribution is -0.384. The van der Waals surface area contributed by atoms with Crippen LogP contribution in [-0.4, -0.2) is 21.9 Å². The van der Waals surface area contributed by atoms with Crippen LogP contribution in [0.4, 0.5) is 24.0 Å². The Morgan fingerprint density at radius 1 is 1.33 bits per heavy atom. The Bertz CT molecular complexity index is 772. The van der Waals surface area contributed by atoms with Gasteiger partial charge in [-0.05, 0) is 12.1 Å². The van der Waals surface area contributed by atoms with Crippen molar-refractivity contribution in [2.75, 3.05) is 5.32 Å². The maximum absolute atomic E-state index is 12.0. The number of rotatable bonds is 6. The molecule has 1 aromatic carbocycles. The highest BCUT2D eigenvalue weighted by atomic mass is 32.1. The zero-order valence-electron chi connectivity index (χ0n) is 11.6. The van der Waals surface area contributed by atoms with Gasteiger partial charge in [-0.25, -0.2) is 0 Å². The number of carbonyl (C=O) groups excluding carboxylic acids is 1. The second-order valence-electron chi connectivity index (χ2n) is 4.18. The van der Waals surface area contributed by atoms with Gasteiger partial charge in [0, 0.05) is 24.4 Å². The van der Waals surface area contributed by atoms with Crippen molar-refractivity contribution in [1.82, 2.24) is 4.98 Å². The predicted octanol–water partition coefficient (Wildman–Crippen LogP) is 3.90. The lowest BCUT2D eigenvalue weighted by Crippen LogP contribution is -2.20. The SMILES string of the molecule is O=C(/C=C/Nc1nc(Oc2ccc([N+](=O)[O-])cc2)cs1)C(F)(F)F. The summed E-state index contributed by atoms with van der Waals surface area (Å²) in [7, 11) is 0. The molecule has 7 nitrogen and oxygen atoms in total. The molecule has 24 heavy (non-hydrogen) atoms. The van der Waals surface area contributed by atoms with E-state index in [1.54, 1.807) is 0 Å². The fraction of sp³-hybridized carbons (Fsp3) is 0.0769. The fourth-order valence-corrected chi connectivity index (χ4v) is 2.00. The number of hydrogen-bond donors (Lipinski definition) is 1. The minimum atomic E-state index is -4.93. The Labute approximate surface area is 136 Å². The van der Waals surface area contributed by atoms with Crippen LogP contribution in [0, 0.1) is 10.1 Å². The lowest BCUT2D eigenvalue weighted by Gasteiger charge is -2.01. The molecule has 0 bridgehead atoms. The molecule has 126 valence electrons.